The quantitative estimate of drug-likeness (QED) is 0.671. The Balaban J connectivity index is 1.30. The summed E-state index contributed by atoms with van der Waals surface area (Å²) in [5.74, 6) is 1.11. The summed E-state index contributed by atoms with van der Waals surface area (Å²) in [6.07, 6.45) is 1.73. The molecule has 182 valence electrons. The lowest BCUT2D eigenvalue weighted by Crippen LogP contribution is -2.52. The minimum atomic E-state index is -0.514. The molecule has 3 heterocycles. The Morgan fingerprint density at radius 1 is 1.12 bits per heavy atom. The van der Waals surface area contributed by atoms with E-state index in [1.807, 2.05) is 29.2 Å². The van der Waals surface area contributed by atoms with E-state index in [-0.39, 0.29) is 17.7 Å². The summed E-state index contributed by atoms with van der Waals surface area (Å²) < 4.78 is 0. The zero-order valence-electron chi connectivity index (χ0n) is 19.7. The number of halogens is 1. The van der Waals surface area contributed by atoms with E-state index in [0.717, 1.165) is 68.5 Å². The molecule has 0 saturated carbocycles. The molecule has 5 rings (SSSR count). The number of rotatable bonds is 5. The maximum absolute atomic E-state index is 13.8. The van der Waals surface area contributed by atoms with Crippen molar-refractivity contribution < 1.29 is 9.90 Å². The average Bonchev–Trinajstić information content (AvgIpc) is 3.17. The lowest BCUT2D eigenvalue weighted by Gasteiger charge is -2.39. The number of aromatic nitrogens is 2. The summed E-state index contributed by atoms with van der Waals surface area (Å²) in [5, 5.41) is 14.4. The monoisotopic (exact) mass is 484 g/mol. The molecule has 1 aliphatic carbocycles. The Bertz CT molecular complexity index is 1000. The number of carbonyl (C=O) groups is 1. The van der Waals surface area contributed by atoms with Crippen LogP contribution < -0.4 is 10.2 Å². The van der Waals surface area contributed by atoms with Gasteiger partial charge >= 0.3 is 0 Å². The number of aliphatic hydroxyl groups is 1. The molecule has 0 radical (unpaired) electrons. The van der Waals surface area contributed by atoms with Gasteiger partial charge in [0.1, 0.15) is 12.1 Å². The van der Waals surface area contributed by atoms with E-state index in [4.69, 9.17) is 11.6 Å². The van der Waals surface area contributed by atoms with Crippen molar-refractivity contribution in [2.75, 3.05) is 63.8 Å². The van der Waals surface area contributed by atoms with Gasteiger partial charge in [0.2, 0.25) is 5.91 Å². The normalized spacial score (nSPS) is 24.2. The zero-order valence-corrected chi connectivity index (χ0v) is 20.4. The topological polar surface area (TPSA) is 84.8 Å². The molecule has 0 spiro atoms. The van der Waals surface area contributed by atoms with Crippen LogP contribution in [0.2, 0.25) is 5.02 Å². The molecule has 8 nitrogen and oxygen atoms in total. The Kier molecular flexibility index (Phi) is 7.01. The number of nitrogens with one attached hydrogen (secondary N) is 1. The molecule has 1 aromatic carbocycles. The number of hydrogen-bond acceptors (Lipinski definition) is 7. The third kappa shape index (κ3) is 4.77. The second kappa shape index (κ2) is 10.2. The van der Waals surface area contributed by atoms with Crippen LogP contribution in [0.3, 0.4) is 0 Å². The molecule has 3 aliphatic rings. The molecular weight excluding hydrogens is 452 g/mol. The van der Waals surface area contributed by atoms with E-state index < -0.39 is 6.10 Å². The highest BCUT2D eigenvalue weighted by Crippen LogP contribution is 2.42. The molecule has 34 heavy (non-hydrogen) atoms. The van der Waals surface area contributed by atoms with Crippen molar-refractivity contribution >= 4 is 23.3 Å². The van der Waals surface area contributed by atoms with Gasteiger partial charge in [-0.05, 0) is 30.0 Å². The zero-order chi connectivity index (χ0) is 23.7. The highest BCUT2D eigenvalue weighted by molar-refractivity contribution is 6.30. The molecule has 9 heteroatoms. The smallest absolute Gasteiger partial charge is 0.231 e. The second-order valence-electron chi connectivity index (χ2n) is 9.62. The fraction of sp³-hybridized carbons (Fsp3) is 0.560. The molecule has 1 aromatic heterocycles. The summed E-state index contributed by atoms with van der Waals surface area (Å²) in [7, 11) is 0. The number of carbonyl (C=O) groups excluding carboxylic acids is 1. The predicted octanol–water partition coefficient (Wildman–Crippen LogP) is 2.01. The maximum Gasteiger partial charge on any atom is 0.231 e. The first-order valence-electron chi connectivity index (χ1n) is 12.3. The van der Waals surface area contributed by atoms with Gasteiger partial charge in [-0.2, -0.15) is 0 Å². The van der Waals surface area contributed by atoms with Crippen LogP contribution in [0.4, 0.5) is 5.82 Å². The predicted molar refractivity (Wildman–Crippen MR) is 132 cm³/mol. The number of aliphatic hydroxyl groups excluding tert-OH is 1. The minimum Gasteiger partial charge on any atom is -0.387 e. The van der Waals surface area contributed by atoms with Crippen LogP contribution in [0.15, 0.2) is 30.6 Å². The molecule has 3 atom stereocenters. The highest BCUT2D eigenvalue weighted by atomic mass is 35.5. The van der Waals surface area contributed by atoms with Crippen molar-refractivity contribution in [3.63, 3.8) is 0 Å². The van der Waals surface area contributed by atoms with Gasteiger partial charge in [-0.25, -0.2) is 9.97 Å². The van der Waals surface area contributed by atoms with Crippen molar-refractivity contribution in [2.24, 2.45) is 0 Å². The summed E-state index contributed by atoms with van der Waals surface area (Å²) in [6, 6.07) is 7.72. The van der Waals surface area contributed by atoms with Gasteiger partial charge < -0.3 is 20.2 Å². The van der Waals surface area contributed by atoms with E-state index in [9.17, 15) is 9.90 Å². The van der Waals surface area contributed by atoms with Crippen molar-refractivity contribution in [3.05, 3.63) is 52.4 Å². The molecule has 2 saturated heterocycles. The van der Waals surface area contributed by atoms with Crippen molar-refractivity contribution in [1.29, 1.82) is 0 Å². The third-order valence-electron chi connectivity index (χ3n) is 7.39. The van der Waals surface area contributed by atoms with Crippen LogP contribution in [0, 0.1) is 0 Å². The largest absolute Gasteiger partial charge is 0.387 e. The lowest BCUT2D eigenvalue weighted by atomic mass is 9.96. The fourth-order valence-corrected chi connectivity index (χ4v) is 5.61. The van der Waals surface area contributed by atoms with Crippen molar-refractivity contribution in [2.45, 2.75) is 31.3 Å². The number of amides is 1. The SMILES string of the molecule is C[C@@H]1C[C@@H](O)c2ncnc(N3CCN(C(=O)C(CN4CCNCC4)c4ccc(Cl)cc4)CC3)c21. The van der Waals surface area contributed by atoms with Crippen LogP contribution in [0.1, 0.15) is 48.1 Å². The van der Waals surface area contributed by atoms with E-state index in [1.54, 1.807) is 6.33 Å². The van der Waals surface area contributed by atoms with Gasteiger partial charge in [-0.3, -0.25) is 9.69 Å². The molecule has 2 aliphatic heterocycles. The summed E-state index contributed by atoms with van der Waals surface area (Å²) in [5.41, 5.74) is 2.84. The van der Waals surface area contributed by atoms with E-state index in [2.05, 4.69) is 32.0 Å². The van der Waals surface area contributed by atoms with Gasteiger partial charge in [-0.1, -0.05) is 30.7 Å². The van der Waals surface area contributed by atoms with Crippen LogP contribution in [-0.2, 0) is 4.79 Å². The van der Waals surface area contributed by atoms with Gasteiger partial charge in [0.05, 0.1) is 17.7 Å². The molecule has 2 aromatic rings. The van der Waals surface area contributed by atoms with Crippen LogP contribution >= 0.6 is 11.6 Å². The van der Waals surface area contributed by atoms with E-state index in [1.165, 1.54) is 0 Å². The fourth-order valence-electron chi connectivity index (χ4n) is 5.49. The average molecular weight is 485 g/mol. The first-order valence-corrected chi connectivity index (χ1v) is 12.6. The Morgan fingerprint density at radius 2 is 1.82 bits per heavy atom. The Morgan fingerprint density at radius 3 is 2.53 bits per heavy atom. The molecule has 0 bridgehead atoms. The van der Waals surface area contributed by atoms with Crippen molar-refractivity contribution in [1.82, 2.24) is 25.1 Å². The number of nitrogens with zero attached hydrogens (tertiary/aromatic N) is 5. The van der Waals surface area contributed by atoms with Gasteiger partial charge in [0, 0.05) is 69.5 Å². The number of anilines is 1. The van der Waals surface area contributed by atoms with Gasteiger partial charge in [0.25, 0.3) is 0 Å². The molecular formula is C25H33ClN6O2. The molecule has 2 N–H and O–H groups in total. The first-order chi connectivity index (χ1) is 16.5. The number of piperazine rings is 2. The second-order valence-corrected chi connectivity index (χ2v) is 10.1. The van der Waals surface area contributed by atoms with Gasteiger partial charge in [0.15, 0.2) is 0 Å². The summed E-state index contributed by atoms with van der Waals surface area (Å²) in [4.78, 5) is 29.3. The highest BCUT2D eigenvalue weighted by Gasteiger charge is 2.35. The van der Waals surface area contributed by atoms with Gasteiger partial charge in [-0.15, -0.1) is 0 Å². The summed E-state index contributed by atoms with van der Waals surface area (Å²) in [6.45, 7) is 9.40. The molecule has 1 unspecified atom stereocenters. The van der Waals surface area contributed by atoms with E-state index >= 15 is 0 Å². The van der Waals surface area contributed by atoms with E-state index in [0.29, 0.717) is 24.5 Å². The van der Waals surface area contributed by atoms with Crippen LogP contribution in [-0.4, -0.2) is 89.7 Å². The Hall–Kier alpha value is -2.26. The minimum absolute atomic E-state index is 0.178. The van der Waals surface area contributed by atoms with Crippen LogP contribution in [0.25, 0.3) is 0 Å². The van der Waals surface area contributed by atoms with Crippen LogP contribution in [0.5, 0.6) is 0 Å². The molecule has 1 amide bonds. The summed E-state index contributed by atoms with van der Waals surface area (Å²) >= 11 is 6.12. The number of benzene rings is 1. The standard InChI is InChI=1S/C25H33ClN6O2/c1-17-14-21(33)23-22(17)24(29-16-28-23)31-10-12-32(13-11-31)25(34)20(15-30-8-6-27-7-9-30)18-2-4-19(26)5-3-18/h2-5,16-17,20-21,27,33H,6-15H2,1H3/t17-,20?,21-/m1/s1. The first kappa shape index (κ1) is 23.5. The lowest BCUT2D eigenvalue weighted by molar-refractivity contribution is -0.133. The number of fused-ring (bicyclic) bond motifs is 1. The maximum atomic E-state index is 13.8. The Labute approximate surface area is 205 Å². The number of hydrogen-bond donors (Lipinski definition) is 2. The van der Waals surface area contributed by atoms with Crippen molar-refractivity contribution in [3.8, 4) is 0 Å². The third-order valence-corrected chi connectivity index (χ3v) is 7.64. The molecule has 2 fully saturated rings.